The smallest absolute Gasteiger partial charge is 0.0690 e. The molecule has 1 fully saturated rings. The lowest BCUT2D eigenvalue weighted by Crippen LogP contribution is -2.43. The van der Waals surface area contributed by atoms with Gasteiger partial charge in [0.15, 0.2) is 0 Å². The van der Waals surface area contributed by atoms with Crippen molar-refractivity contribution in [1.29, 1.82) is 0 Å². The Labute approximate surface area is 107 Å². The summed E-state index contributed by atoms with van der Waals surface area (Å²) in [5.74, 6) is 0. The summed E-state index contributed by atoms with van der Waals surface area (Å²) in [7, 11) is 0. The summed E-state index contributed by atoms with van der Waals surface area (Å²) in [6.07, 6.45) is 3.82. The van der Waals surface area contributed by atoms with Crippen molar-refractivity contribution >= 4 is 0 Å². The Bertz CT molecular complexity index is 486. The molecule has 2 aromatic rings. The fourth-order valence-electron chi connectivity index (χ4n) is 2.39. The standard InChI is InChI=1S/C14H18N4/c1-2-5-14(18-9-3-6-16-18)13(4-1)12-17-10-7-15-8-11-17/h1-6,9,15H,7-8,10-12H2. The summed E-state index contributed by atoms with van der Waals surface area (Å²) < 4.78 is 1.94. The quantitative estimate of drug-likeness (QED) is 0.880. The van der Waals surface area contributed by atoms with E-state index in [4.69, 9.17) is 0 Å². The molecule has 1 aliphatic rings. The molecule has 1 N–H and O–H groups in total. The highest BCUT2D eigenvalue weighted by Crippen LogP contribution is 2.15. The molecule has 4 nitrogen and oxygen atoms in total. The number of hydrogen-bond donors (Lipinski definition) is 1. The van der Waals surface area contributed by atoms with Crippen molar-refractivity contribution in [2.75, 3.05) is 26.2 Å². The molecule has 18 heavy (non-hydrogen) atoms. The first-order chi connectivity index (χ1) is 8.93. The first-order valence-electron chi connectivity index (χ1n) is 6.44. The Morgan fingerprint density at radius 2 is 1.94 bits per heavy atom. The normalized spacial score (nSPS) is 16.9. The zero-order valence-corrected chi connectivity index (χ0v) is 10.4. The van der Waals surface area contributed by atoms with Crippen LogP contribution in [0.25, 0.3) is 5.69 Å². The molecular formula is C14H18N4. The highest BCUT2D eigenvalue weighted by Gasteiger charge is 2.12. The van der Waals surface area contributed by atoms with Gasteiger partial charge in [-0.3, -0.25) is 4.90 Å². The Kier molecular flexibility index (Phi) is 3.39. The topological polar surface area (TPSA) is 33.1 Å². The van der Waals surface area contributed by atoms with Gasteiger partial charge in [-0.25, -0.2) is 4.68 Å². The van der Waals surface area contributed by atoms with Gasteiger partial charge in [-0.2, -0.15) is 5.10 Å². The molecule has 4 heteroatoms. The van der Waals surface area contributed by atoms with Crippen molar-refractivity contribution in [3.8, 4) is 5.69 Å². The van der Waals surface area contributed by atoms with Crippen LogP contribution in [-0.4, -0.2) is 40.9 Å². The zero-order valence-electron chi connectivity index (χ0n) is 10.4. The van der Waals surface area contributed by atoms with Crippen LogP contribution in [0.1, 0.15) is 5.56 Å². The van der Waals surface area contributed by atoms with Crippen molar-refractivity contribution in [2.45, 2.75) is 6.54 Å². The zero-order chi connectivity index (χ0) is 12.2. The fraction of sp³-hybridized carbons (Fsp3) is 0.357. The SMILES string of the molecule is c1ccc(-n2cccn2)c(CN2CCNCC2)c1. The number of aromatic nitrogens is 2. The number of hydrogen-bond acceptors (Lipinski definition) is 3. The van der Waals surface area contributed by atoms with Gasteiger partial charge in [-0.15, -0.1) is 0 Å². The number of nitrogens with zero attached hydrogens (tertiary/aromatic N) is 3. The Morgan fingerprint density at radius 1 is 1.11 bits per heavy atom. The molecule has 2 heterocycles. The molecular weight excluding hydrogens is 224 g/mol. The number of nitrogens with one attached hydrogen (secondary N) is 1. The van der Waals surface area contributed by atoms with Gasteiger partial charge in [0.2, 0.25) is 0 Å². The third-order valence-electron chi connectivity index (χ3n) is 3.35. The molecule has 0 aliphatic carbocycles. The van der Waals surface area contributed by atoms with Gasteiger partial charge in [-0.05, 0) is 17.7 Å². The molecule has 0 bridgehead atoms. The second-order valence-corrected chi connectivity index (χ2v) is 4.61. The third kappa shape index (κ3) is 2.44. The van der Waals surface area contributed by atoms with Crippen LogP contribution in [0, 0.1) is 0 Å². The van der Waals surface area contributed by atoms with Gasteiger partial charge in [-0.1, -0.05) is 18.2 Å². The summed E-state index contributed by atoms with van der Waals surface area (Å²) in [6.45, 7) is 5.41. The van der Waals surface area contributed by atoms with Crippen molar-refractivity contribution in [1.82, 2.24) is 20.0 Å². The Balaban J connectivity index is 1.83. The largest absolute Gasteiger partial charge is 0.314 e. The first-order valence-corrected chi connectivity index (χ1v) is 6.44. The van der Waals surface area contributed by atoms with Gasteiger partial charge in [0, 0.05) is 45.1 Å². The lowest BCUT2D eigenvalue weighted by atomic mass is 10.1. The van der Waals surface area contributed by atoms with Crippen LogP contribution in [0.4, 0.5) is 0 Å². The molecule has 94 valence electrons. The van der Waals surface area contributed by atoms with Gasteiger partial charge in [0.05, 0.1) is 5.69 Å². The molecule has 0 radical (unpaired) electrons. The molecule has 0 spiro atoms. The average molecular weight is 242 g/mol. The lowest BCUT2D eigenvalue weighted by molar-refractivity contribution is 0.233. The van der Waals surface area contributed by atoms with Crippen molar-refractivity contribution < 1.29 is 0 Å². The predicted molar refractivity (Wildman–Crippen MR) is 71.7 cm³/mol. The van der Waals surface area contributed by atoms with E-state index in [1.165, 1.54) is 11.3 Å². The van der Waals surface area contributed by atoms with Crippen LogP contribution in [0.5, 0.6) is 0 Å². The molecule has 3 rings (SSSR count). The third-order valence-corrected chi connectivity index (χ3v) is 3.35. The lowest BCUT2D eigenvalue weighted by Gasteiger charge is -2.27. The van der Waals surface area contributed by atoms with E-state index in [1.807, 2.05) is 23.1 Å². The number of rotatable bonds is 3. The van der Waals surface area contributed by atoms with Crippen molar-refractivity contribution in [3.05, 3.63) is 48.3 Å². The minimum atomic E-state index is 0.998. The van der Waals surface area contributed by atoms with Gasteiger partial charge >= 0.3 is 0 Å². The minimum Gasteiger partial charge on any atom is -0.314 e. The van der Waals surface area contributed by atoms with Gasteiger partial charge < -0.3 is 5.32 Å². The minimum absolute atomic E-state index is 0.998. The molecule has 0 atom stereocenters. The highest BCUT2D eigenvalue weighted by atomic mass is 15.3. The van der Waals surface area contributed by atoms with E-state index in [2.05, 4.69) is 39.6 Å². The van der Waals surface area contributed by atoms with Gasteiger partial charge in [0.25, 0.3) is 0 Å². The molecule has 0 amide bonds. The van der Waals surface area contributed by atoms with E-state index < -0.39 is 0 Å². The maximum absolute atomic E-state index is 4.33. The maximum atomic E-state index is 4.33. The highest BCUT2D eigenvalue weighted by molar-refractivity contribution is 5.40. The first kappa shape index (κ1) is 11.4. The van der Waals surface area contributed by atoms with Crippen LogP contribution in [0.15, 0.2) is 42.7 Å². The molecule has 0 unspecified atom stereocenters. The van der Waals surface area contributed by atoms with E-state index in [0.717, 1.165) is 32.7 Å². The van der Waals surface area contributed by atoms with Crippen LogP contribution >= 0.6 is 0 Å². The predicted octanol–water partition coefficient (Wildman–Crippen LogP) is 1.28. The summed E-state index contributed by atoms with van der Waals surface area (Å²) in [6, 6.07) is 10.5. The molecule has 1 aliphatic heterocycles. The Hall–Kier alpha value is -1.65. The molecule has 1 saturated heterocycles. The summed E-state index contributed by atoms with van der Waals surface area (Å²) in [5.41, 5.74) is 2.52. The van der Waals surface area contributed by atoms with E-state index in [-0.39, 0.29) is 0 Å². The molecule has 0 saturated carbocycles. The van der Waals surface area contributed by atoms with E-state index in [0.29, 0.717) is 0 Å². The molecule has 1 aromatic carbocycles. The number of piperazine rings is 1. The van der Waals surface area contributed by atoms with Gasteiger partial charge in [0.1, 0.15) is 0 Å². The number of para-hydroxylation sites is 1. The maximum Gasteiger partial charge on any atom is 0.0690 e. The molecule has 1 aromatic heterocycles. The van der Waals surface area contributed by atoms with Crippen LogP contribution in [0.3, 0.4) is 0 Å². The average Bonchev–Trinajstić information content (AvgIpc) is 2.94. The number of benzene rings is 1. The van der Waals surface area contributed by atoms with E-state index >= 15 is 0 Å². The van der Waals surface area contributed by atoms with E-state index in [1.54, 1.807) is 0 Å². The Morgan fingerprint density at radius 3 is 2.72 bits per heavy atom. The second-order valence-electron chi connectivity index (χ2n) is 4.61. The van der Waals surface area contributed by atoms with Crippen molar-refractivity contribution in [2.24, 2.45) is 0 Å². The van der Waals surface area contributed by atoms with Crippen LogP contribution < -0.4 is 5.32 Å². The van der Waals surface area contributed by atoms with E-state index in [9.17, 15) is 0 Å². The fourth-order valence-corrected chi connectivity index (χ4v) is 2.39. The summed E-state index contributed by atoms with van der Waals surface area (Å²) in [5, 5.41) is 7.71. The second kappa shape index (κ2) is 5.33. The summed E-state index contributed by atoms with van der Waals surface area (Å²) >= 11 is 0. The van der Waals surface area contributed by atoms with Crippen molar-refractivity contribution in [3.63, 3.8) is 0 Å². The monoisotopic (exact) mass is 242 g/mol. The van der Waals surface area contributed by atoms with Crippen LogP contribution in [0.2, 0.25) is 0 Å². The summed E-state index contributed by atoms with van der Waals surface area (Å²) in [4.78, 5) is 2.48. The van der Waals surface area contributed by atoms with Crippen LogP contribution in [-0.2, 0) is 6.54 Å².